The van der Waals surface area contributed by atoms with Gasteiger partial charge in [-0.3, -0.25) is 14.9 Å². The van der Waals surface area contributed by atoms with Crippen molar-refractivity contribution in [2.75, 3.05) is 13.7 Å². The molecule has 0 atom stereocenters. The van der Waals surface area contributed by atoms with Crippen LogP contribution in [0.5, 0.6) is 5.75 Å². The summed E-state index contributed by atoms with van der Waals surface area (Å²) < 4.78 is 9.83. The van der Waals surface area contributed by atoms with Crippen molar-refractivity contribution >= 4 is 23.9 Å². The Morgan fingerprint density at radius 1 is 0.889 bits per heavy atom. The number of hydrogen-bond acceptors (Lipinski definition) is 6. The molecule has 8 nitrogen and oxygen atoms in total. The highest BCUT2D eigenvalue weighted by Gasteiger charge is 2.12. The highest BCUT2D eigenvalue weighted by atomic mass is 16.5. The number of benzene rings is 2. The molecule has 8 heteroatoms. The molecule has 0 bridgehead atoms. The van der Waals surface area contributed by atoms with E-state index in [-0.39, 0.29) is 5.56 Å². The van der Waals surface area contributed by atoms with Gasteiger partial charge in [0.2, 0.25) is 0 Å². The molecule has 0 radical (unpaired) electrons. The highest BCUT2D eigenvalue weighted by Crippen LogP contribution is 2.23. The molecular formula is C19H18N2O6. The van der Waals surface area contributed by atoms with Gasteiger partial charge in [0.05, 0.1) is 5.56 Å². The van der Waals surface area contributed by atoms with E-state index in [1.165, 1.54) is 14.0 Å². The molecule has 0 fully saturated rings. The fourth-order valence-electron chi connectivity index (χ4n) is 2.12. The minimum Gasteiger partial charge on any atom is -0.452 e. The van der Waals surface area contributed by atoms with Crippen molar-refractivity contribution in [2.45, 2.75) is 6.92 Å². The normalized spacial score (nSPS) is 9.85. The van der Waals surface area contributed by atoms with Crippen molar-refractivity contribution in [3.63, 3.8) is 0 Å². The van der Waals surface area contributed by atoms with Gasteiger partial charge in [-0.2, -0.15) is 0 Å². The largest absolute Gasteiger partial charge is 0.452 e. The Labute approximate surface area is 155 Å². The van der Waals surface area contributed by atoms with E-state index in [2.05, 4.69) is 5.32 Å². The molecular weight excluding hydrogens is 352 g/mol. The number of urea groups is 1. The summed E-state index contributed by atoms with van der Waals surface area (Å²) in [6.45, 7) is 0.763. The molecule has 2 aromatic carbocycles. The first-order valence-corrected chi connectivity index (χ1v) is 7.96. The van der Waals surface area contributed by atoms with Crippen LogP contribution in [0.3, 0.4) is 0 Å². The molecule has 0 spiro atoms. The third-order valence-electron chi connectivity index (χ3n) is 3.38. The van der Waals surface area contributed by atoms with Crippen LogP contribution < -0.4 is 15.4 Å². The van der Waals surface area contributed by atoms with Crippen molar-refractivity contribution in [3.8, 4) is 16.9 Å². The lowest BCUT2D eigenvalue weighted by Crippen LogP contribution is -2.39. The molecule has 0 aliphatic rings. The third kappa shape index (κ3) is 5.96. The van der Waals surface area contributed by atoms with Crippen LogP contribution in [0.1, 0.15) is 17.3 Å². The molecule has 0 unspecified atom stereocenters. The monoisotopic (exact) mass is 370 g/mol. The third-order valence-corrected chi connectivity index (χ3v) is 3.38. The number of hydrogen-bond donors (Lipinski definition) is 2. The Morgan fingerprint density at radius 2 is 1.44 bits per heavy atom. The topological polar surface area (TPSA) is 111 Å². The van der Waals surface area contributed by atoms with Crippen LogP contribution in [-0.4, -0.2) is 37.5 Å². The molecule has 0 aliphatic heterocycles. The number of amides is 3. The standard InChI is InChI=1S/C19H18N2O6/c1-12(22)27-16-9-7-14(8-10-16)13-3-5-15(6-4-13)18(24)26-11-17(23)21-19(25)20-2/h3-10H,11H2,1-2H3,(H2,20,21,23,25). The lowest BCUT2D eigenvalue weighted by Gasteiger charge is -2.07. The van der Waals surface area contributed by atoms with E-state index < -0.39 is 30.5 Å². The minimum atomic E-state index is -0.729. The predicted molar refractivity (Wildman–Crippen MR) is 96.1 cm³/mol. The zero-order valence-corrected chi connectivity index (χ0v) is 14.8. The number of esters is 2. The van der Waals surface area contributed by atoms with Crippen molar-refractivity contribution < 1.29 is 28.7 Å². The Balaban J connectivity index is 1.96. The van der Waals surface area contributed by atoms with Gasteiger partial charge in [-0.05, 0) is 35.4 Å². The van der Waals surface area contributed by atoms with Gasteiger partial charge in [-0.15, -0.1) is 0 Å². The summed E-state index contributed by atoms with van der Waals surface area (Å²) in [5.41, 5.74) is 1.98. The lowest BCUT2D eigenvalue weighted by molar-refractivity contribution is -0.131. The fourth-order valence-corrected chi connectivity index (χ4v) is 2.12. The van der Waals surface area contributed by atoms with E-state index >= 15 is 0 Å². The Bertz CT molecular complexity index is 844. The van der Waals surface area contributed by atoms with Crippen LogP contribution in [0, 0.1) is 0 Å². The Morgan fingerprint density at radius 3 is 1.96 bits per heavy atom. The Kier molecular flexibility index (Phi) is 6.65. The summed E-state index contributed by atoms with van der Waals surface area (Å²) in [5, 5.41) is 4.20. The van der Waals surface area contributed by atoms with Crippen LogP contribution in [0.2, 0.25) is 0 Å². The maximum absolute atomic E-state index is 11.9. The maximum atomic E-state index is 11.9. The highest BCUT2D eigenvalue weighted by molar-refractivity contribution is 5.97. The van der Waals surface area contributed by atoms with Crippen molar-refractivity contribution in [3.05, 3.63) is 54.1 Å². The van der Waals surface area contributed by atoms with E-state index in [1.807, 2.05) is 5.32 Å². The summed E-state index contributed by atoms with van der Waals surface area (Å²) in [7, 11) is 1.36. The first-order valence-electron chi connectivity index (χ1n) is 7.96. The first kappa shape index (κ1) is 19.6. The summed E-state index contributed by atoms with van der Waals surface area (Å²) in [6.07, 6.45) is 0. The van der Waals surface area contributed by atoms with Gasteiger partial charge in [0.25, 0.3) is 5.91 Å². The fraction of sp³-hybridized carbons (Fsp3) is 0.158. The predicted octanol–water partition coefficient (Wildman–Crippen LogP) is 1.89. The van der Waals surface area contributed by atoms with Gasteiger partial charge < -0.3 is 14.8 Å². The van der Waals surface area contributed by atoms with Crippen molar-refractivity contribution in [1.29, 1.82) is 0 Å². The molecule has 27 heavy (non-hydrogen) atoms. The molecule has 2 aromatic rings. The first-order chi connectivity index (χ1) is 12.9. The van der Waals surface area contributed by atoms with Crippen molar-refractivity contribution in [2.24, 2.45) is 0 Å². The lowest BCUT2D eigenvalue weighted by atomic mass is 10.0. The number of rotatable bonds is 5. The quantitative estimate of drug-likeness (QED) is 0.614. The van der Waals surface area contributed by atoms with Crippen LogP contribution in [0.25, 0.3) is 11.1 Å². The maximum Gasteiger partial charge on any atom is 0.338 e. The molecule has 0 saturated carbocycles. The second kappa shape index (κ2) is 9.14. The van der Waals surface area contributed by atoms with E-state index in [9.17, 15) is 19.2 Å². The summed E-state index contributed by atoms with van der Waals surface area (Å²) in [4.78, 5) is 45.2. The number of ether oxygens (including phenoxy) is 2. The number of imide groups is 1. The molecule has 0 heterocycles. The molecule has 2 N–H and O–H groups in total. The van der Waals surface area contributed by atoms with E-state index in [0.29, 0.717) is 5.75 Å². The molecule has 3 amide bonds. The van der Waals surface area contributed by atoms with Gasteiger partial charge >= 0.3 is 18.0 Å². The summed E-state index contributed by atoms with van der Waals surface area (Å²) in [5.74, 6) is -1.36. The van der Waals surface area contributed by atoms with Gasteiger partial charge in [-0.1, -0.05) is 24.3 Å². The van der Waals surface area contributed by atoms with Gasteiger partial charge in [0, 0.05) is 14.0 Å². The molecule has 2 rings (SSSR count). The van der Waals surface area contributed by atoms with Gasteiger partial charge in [-0.25, -0.2) is 9.59 Å². The Hall–Kier alpha value is -3.68. The van der Waals surface area contributed by atoms with Crippen LogP contribution in [0.15, 0.2) is 48.5 Å². The minimum absolute atomic E-state index is 0.267. The van der Waals surface area contributed by atoms with Gasteiger partial charge in [0.1, 0.15) is 5.75 Å². The summed E-state index contributed by atoms with van der Waals surface area (Å²) in [6, 6.07) is 12.8. The van der Waals surface area contributed by atoms with E-state index in [4.69, 9.17) is 9.47 Å². The van der Waals surface area contributed by atoms with Crippen molar-refractivity contribution in [1.82, 2.24) is 10.6 Å². The second-order valence-corrected chi connectivity index (χ2v) is 5.40. The summed E-state index contributed by atoms with van der Waals surface area (Å²) >= 11 is 0. The molecule has 140 valence electrons. The zero-order valence-electron chi connectivity index (χ0n) is 14.8. The second-order valence-electron chi connectivity index (χ2n) is 5.40. The SMILES string of the molecule is CNC(=O)NC(=O)COC(=O)c1ccc(-c2ccc(OC(C)=O)cc2)cc1. The molecule has 0 aliphatic carbocycles. The van der Waals surface area contributed by atoms with Crippen LogP contribution in [0.4, 0.5) is 4.79 Å². The smallest absolute Gasteiger partial charge is 0.338 e. The molecule has 0 aromatic heterocycles. The average Bonchev–Trinajstić information content (AvgIpc) is 2.66. The van der Waals surface area contributed by atoms with Gasteiger partial charge in [0.15, 0.2) is 6.61 Å². The number of carbonyl (C=O) groups is 4. The van der Waals surface area contributed by atoms with E-state index in [1.54, 1.807) is 48.5 Å². The number of nitrogens with one attached hydrogen (secondary N) is 2. The number of carbonyl (C=O) groups excluding carboxylic acids is 4. The van der Waals surface area contributed by atoms with Crippen LogP contribution in [-0.2, 0) is 14.3 Å². The van der Waals surface area contributed by atoms with E-state index in [0.717, 1.165) is 11.1 Å². The van der Waals surface area contributed by atoms with Crippen LogP contribution >= 0.6 is 0 Å². The average molecular weight is 370 g/mol. The molecule has 0 saturated heterocycles. The zero-order chi connectivity index (χ0) is 19.8.